The highest BCUT2D eigenvalue weighted by Crippen LogP contribution is 2.33. The standard InChI is InChI=1S/C24H29ClN4OS/c1-3-7-19(10-5-13-22(26)30)23-27-28-24(29(23)21-12-6-11-20(25)15-21)31-16-18-9-4-8-17(2)14-18/h4,6,8-9,11-12,14-15,19H,3,5,7,10,13,16H2,1-2H3,(H2,26,30). The second-order valence-electron chi connectivity index (χ2n) is 7.78. The van der Waals surface area contributed by atoms with E-state index in [0.29, 0.717) is 11.4 Å². The summed E-state index contributed by atoms with van der Waals surface area (Å²) in [6.07, 6.45) is 3.97. The van der Waals surface area contributed by atoms with Crippen LogP contribution in [0.3, 0.4) is 0 Å². The summed E-state index contributed by atoms with van der Waals surface area (Å²) in [6.45, 7) is 4.26. The summed E-state index contributed by atoms with van der Waals surface area (Å²) in [5.41, 5.74) is 8.79. The highest BCUT2D eigenvalue weighted by molar-refractivity contribution is 7.98. The van der Waals surface area contributed by atoms with Crippen molar-refractivity contribution in [2.75, 3.05) is 0 Å². The SMILES string of the molecule is CCCC(CCCC(N)=O)c1nnc(SCc2cccc(C)c2)n1-c1cccc(Cl)c1. The minimum Gasteiger partial charge on any atom is -0.370 e. The minimum absolute atomic E-state index is 0.198. The number of hydrogen-bond donors (Lipinski definition) is 1. The Kier molecular flexibility index (Phi) is 8.55. The molecule has 0 saturated heterocycles. The molecule has 0 aliphatic heterocycles. The maximum atomic E-state index is 11.2. The van der Waals surface area contributed by atoms with Gasteiger partial charge in [0.1, 0.15) is 5.82 Å². The Morgan fingerprint density at radius 1 is 1.16 bits per heavy atom. The summed E-state index contributed by atoms with van der Waals surface area (Å²) < 4.78 is 2.12. The first-order valence-electron chi connectivity index (χ1n) is 10.7. The van der Waals surface area contributed by atoms with Gasteiger partial charge in [0.15, 0.2) is 5.16 Å². The van der Waals surface area contributed by atoms with Gasteiger partial charge in [0, 0.05) is 23.1 Å². The highest BCUT2D eigenvalue weighted by Gasteiger charge is 2.22. The molecule has 1 amide bonds. The molecule has 7 heteroatoms. The molecule has 3 aromatic rings. The second-order valence-corrected chi connectivity index (χ2v) is 9.16. The van der Waals surface area contributed by atoms with E-state index in [0.717, 1.165) is 48.1 Å². The molecule has 31 heavy (non-hydrogen) atoms. The van der Waals surface area contributed by atoms with Crippen molar-refractivity contribution < 1.29 is 4.79 Å². The van der Waals surface area contributed by atoms with Crippen molar-refractivity contribution in [3.8, 4) is 5.69 Å². The lowest BCUT2D eigenvalue weighted by molar-refractivity contribution is -0.118. The third-order valence-corrected chi connectivity index (χ3v) is 6.39. The van der Waals surface area contributed by atoms with E-state index in [2.05, 4.69) is 52.9 Å². The molecular weight excluding hydrogens is 428 g/mol. The van der Waals surface area contributed by atoms with Gasteiger partial charge in [-0.1, -0.05) is 72.6 Å². The molecule has 1 unspecified atom stereocenters. The van der Waals surface area contributed by atoms with Crippen LogP contribution in [0.15, 0.2) is 53.7 Å². The second kappa shape index (κ2) is 11.3. The van der Waals surface area contributed by atoms with E-state index in [1.54, 1.807) is 11.8 Å². The van der Waals surface area contributed by atoms with Crippen LogP contribution in [-0.2, 0) is 10.5 Å². The summed E-state index contributed by atoms with van der Waals surface area (Å²) in [5, 5.41) is 10.7. The summed E-state index contributed by atoms with van der Waals surface area (Å²) >= 11 is 7.97. The van der Waals surface area contributed by atoms with E-state index in [9.17, 15) is 4.79 Å². The van der Waals surface area contributed by atoms with Gasteiger partial charge in [-0.3, -0.25) is 9.36 Å². The van der Waals surface area contributed by atoms with Crippen molar-refractivity contribution in [3.05, 3.63) is 70.5 Å². The fraction of sp³-hybridized carbons (Fsp3) is 0.375. The Morgan fingerprint density at radius 3 is 2.68 bits per heavy atom. The molecule has 0 saturated carbocycles. The third kappa shape index (κ3) is 6.58. The average Bonchev–Trinajstić information content (AvgIpc) is 3.15. The van der Waals surface area contributed by atoms with Crippen molar-refractivity contribution in [2.24, 2.45) is 5.73 Å². The van der Waals surface area contributed by atoms with E-state index in [4.69, 9.17) is 17.3 Å². The monoisotopic (exact) mass is 456 g/mol. The number of carbonyl (C=O) groups excluding carboxylic acids is 1. The van der Waals surface area contributed by atoms with Crippen LogP contribution in [0.4, 0.5) is 0 Å². The van der Waals surface area contributed by atoms with Crippen LogP contribution in [0.1, 0.15) is 61.9 Å². The zero-order valence-electron chi connectivity index (χ0n) is 18.1. The lowest BCUT2D eigenvalue weighted by Gasteiger charge is -2.18. The van der Waals surface area contributed by atoms with E-state index >= 15 is 0 Å². The first kappa shape index (κ1) is 23.4. The van der Waals surface area contributed by atoms with Gasteiger partial charge < -0.3 is 5.73 Å². The summed E-state index contributed by atoms with van der Waals surface area (Å²) in [7, 11) is 0. The fourth-order valence-electron chi connectivity index (χ4n) is 3.72. The molecule has 0 aliphatic carbocycles. The quantitative estimate of drug-likeness (QED) is 0.356. The van der Waals surface area contributed by atoms with Crippen LogP contribution in [0.2, 0.25) is 5.02 Å². The van der Waals surface area contributed by atoms with Crippen LogP contribution >= 0.6 is 23.4 Å². The number of primary amides is 1. The normalized spacial score (nSPS) is 12.1. The van der Waals surface area contributed by atoms with Gasteiger partial charge >= 0.3 is 0 Å². The number of nitrogens with zero attached hydrogens (tertiary/aromatic N) is 3. The maximum absolute atomic E-state index is 11.2. The number of halogens is 1. The molecule has 1 heterocycles. The predicted octanol–water partition coefficient (Wildman–Crippen LogP) is 6.06. The lowest BCUT2D eigenvalue weighted by Crippen LogP contribution is -2.12. The highest BCUT2D eigenvalue weighted by atomic mass is 35.5. The fourth-order valence-corrected chi connectivity index (χ4v) is 4.81. The molecule has 1 atom stereocenters. The zero-order valence-corrected chi connectivity index (χ0v) is 19.6. The van der Waals surface area contributed by atoms with Crippen LogP contribution in [-0.4, -0.2) is 20.7 Å². The van der Waals surface area contributed by atoms with E-state index < -0.39 is 0 Å². The van der Waals surface area contributed by atoms with Gasteiger partial charge in [-0.05, 0) is 49.9 Å². The first-order chi connectivity index (χ1) is 15.0. The molecule has 5 nitrogen and oxygen atoms in total. The number of thioether (sulfide) groups is 1. The van der Waals surface area contributed by atoms with Crippen molar-refractivity contribution >= 4 is 29.3 Å². The number of amides is 1. The number of aryl methyl sites for hydroxylation is 1. The summed E-state index contributed by atoms with van der Waals surface area (Å²) in [6, 6.07) is 16.3. The maximum Gasteiger partial charge on any atom is 0.217 e. The molecular formula is C24H29ClN4OS. The minimum atomic E-state index is -0.263. The van der Waals surface area contributed by atoms with E-state index in [1.807, 2.05) is 24.3 Å². The Bertz CT molecular complexity index is 1020. The van der Waals surface area contributed by atoms with Crippen LogP contribution in [0.25, 0.3) is 5.69 Å². The Balaban J connectivity index is 1.93. The van der Waals surface area contributed by atoms with Gasteiger partial charge in [0.05, 0.1) is 5.69 Å². The third-order valence-electron chi connectivity index (χ3n) is 5.15. The van der Waals surface area contributed by atoms with Crippen LogP contribution < -0.4 is 5.73 Å². The number of aromatic nitrogens is 3. The zero-order chi connectivity index (χ0) is 22.2. The van der Waals surface area contributed by atoms with Gasteiger partial charge in [0.25, 0.3) is 0 Å². The number of carbonyl (C=O) groups is 1. The number of rotatable bonds is 11. The van der Waals surface area contributed by atoms with Gasteiger partial charge in [0.2, 0.25) is 5.91 Å². The Labute approximate surface area is 193 Å². The predicted molar refractivity (Wildman–Crippen MR) is 128 cm³/mol. The average molecular weight is 457 g/mol. The molecule has 164 valence electrons. The molecule has 0 fully saturated rings. The molecule has 2 N–H and O–H groups in total. The van der Waals surface area contributed by atoms with Crippen LogP contribution in [0.5, 0.6) is 0 Å². The molecule has 0 bridgehead atoms. The molecule has 2 aromatic carbocycles. The van der Waals surface area contributed by atoms with Crippen molar-refractivity contribution in [1.29, 1.82) is 0 Å². The Hall–Kier alpha value is -2.31. The molecule has 0 aliphatic rings. The molecule has 0 radical (unpaired) electrons. The van der Waals surface area contributed by atoms with Crippen molar-refractivity contribution in [2.45, 2.75) is 62.8 Å². The van der Waals surface area contributed by atoms with E-state index in [-0.39, 0.29) is 11.8 Å². The molecule has 1 aromatic heterocycles. The van der Waals surface area contributed by atoms with Gasteiger partial charge in [-0.15, -0.1) is 10.2 Å². The Morgan fingerprint density at radius 2 is 1.97 bits per heavy atom. The first-order valence-corrected chi connectivity index (χ1v) is 12.0. The van der Waals surface area contributed by atoms with Crippen molar-refractivity contribution in [1.82, 2.24) is 14.8 Å². The van der Waals surface area contributed by atoms with E-state index in [1.165, 1.54) is 11.1 Å². The summed E-state index contributed by atoms with van der Waals surface area (Å²) in [5.74, 6) is 1.66. The number of hydrogen-bond acceptors (Lipinski definition) is 4. The number of nitrogens with two attached hydrogens (primary N) is 1. The lowest BCUT2D eigenvalue weighted by atomic mass is 9.96. The largest absolute Gasteiger partial charge is 0.370 e. The molecule has 0 spiro atoms. The molecule has 3 rings (SSSR count). The topological polar surface area (TPSA) is 73.8 Å². The van der Waals surface area contributed by atoms with Gasteiger partial charge in [-0.2, -0.15) is 0 Å². The van der Waals surface area contributed by atoms with Gasteiger partial charge in [-0.25, -0.2) is 0 Å². The van der Waals surface area contributed by atoms with Crippen molar-refractivity contribution in [3.63, 3.8) is 0 Å². The smallest absolute Gasteiger partial charge is 0.217 e. The number of benzene rings is 2. The van der Waals surface area contributed by atoms with Crippen LogP contribution in [0, 0.1) is 6.92 Å². The summed E-state index contributed by atoms with van der Waals surface area (Å²) in [4.78, 5) is 11.2.